The Bertz CT molecular complexity index is 2800. The number of aromatic nitrogens is 6. The summed E-state index contributed by atoms with van der Waals surface area (Å²) in [5, 5.41) is 3.50. The summed E-state index contributed by atoms with van der Waals surface area (Å²) in [5.41, 5.74) is 10.4. The van der Waals surface area contributed by atoms with Gasteiger partial charge in [0.15, 0.2) is 11.6 Å². The second kappa shape index (κ2) is 11.4. The Morgan fingerprint density at radius 3 is 1.68 bits per heavy atom. The van der Waals surface area contributed by atoms with Crippen LogP contribution in [0.4, 0.5) is 0 Å². The van der Waals surface area contributed by atoms with E-state index in [2.05, 4.69) is 106 Å². The smallest absolute Gasteiger partial charge is 0.238 e. The largest absolute Gasteiger partial charge is 0.309 e. The number of benzene rings is 6. The third-order valence-electron chi connectivity index (χ3n) is 9.43. The molecule has 6 nitrogen and oxygen atoms in total. The average Bonchev–Trinajstić information content (AvgIpc) is 3.71. The molecule has 0 unspecified atom stereocenters. The fraction of sp³-hybridized carbons (Fsp3) is 0. The Balaban J connectivity index is 1.18. The van der Waals surface area contributed by atoms with Crippen LogP contribution in [0.1, 0.15) is 0 Å². The normalized spacial score (nSPS) is 11.6. The molecule has 10 aromatic rings. The van der Waals surface area contributed by atoms with Gasteiger partial charge in [-0.15, -0.1) is 0 Å². The molecule has 0 aliphatic rings. The minimum Gasteiger partial charge on any atom is -0.309 e. The molecule has 0 bridgehead atoms. The second-order valence-electron chi connectivity index (χ2n) is 12.4. The van der Waals surface area contributed by atoms with Crippen LogP contribution >= 0.6 is 0 Å². The first-order valence-corrected chi connectivity index (χ1v) is 16.7. The Hall–Kier alpha value is -6.92. The van der Waals surface area contributed by atoms with Crippen molar-refractivity contribution in [2.75, 3.05) is 0 Å². The molecule has 10 rings (SSSR count). The van der Waals surface area contributed by atoms with E-state index in [0.29, 0.717) is 17.6 Å². The van der Waals surface area contributed by atoms with Gasteiger partial charge in [-0.25, -0.2) is 4.98 Å². The van der Waals surface area contributed by atoms with Crippen LogP contribution in [0.15, 0.2) is 170 Å². The van der Waals surface area contributed by atoms with Crippen molar-refractivity contribution in [3.8, 4) is 45.5 Å². The van der Waals surface area contributed by atoms with Gasteiger partial charge in [-0.3, -0.25) is 9.55 Å². The highest BCUT2D eigenvalue weighted by molar-refractivity contribution is 6.11. The van der Waals surface area contributed by atoms with Crippen molar-refractivity contribution in [1.29, 1.82) is 0 Å². The third kappa shape index (κ3) is 4.50. The van der Waals surface area contributed by atoms with Gasteiger partial charge in [0.2, 0.25) is 5.95 Å². The van der Waals surface area contributed by atoms with Crippen molar-refractivity contribution in [3.05, 3.63) is 170 Å². The van der Waals surface area contributed by atoms with Crippen LogP contribution in [0, 0.1) is 0 Å². The van der Waals surface area contributed by atoms with E-state index in [1.807, 2.05) is 72.9 Å². The van der Waals surface area contributed by atoms with Crippen LogP contribution in [0.5, 0.6) is 0 Å². The predicted molar refractivity (Wildman–Crippen MR) is 203 cm³/mol. The lowest BCUT2D eigenvalue weighted by Crippen LogP contribution is -2.06. The fourth-order valence-corrected chi connectivity index (χ4v) is 7.13. The molecule has 0 aliphatic carbocycles. The van der Waals surface area contributed by atoms with E-state index in [4.69, 9.17) is 19.9 Å². The maximum Gasteiger partial charge on any atom is 0.238 e. The molecule has 4 heterocycles. The molecule has 0 aliphatic heterocycles. The van der Waals surface area contributed by atoms with Gasteiger partial charge >= 0.3 is 0 Å². The minimum absolute atomic E-state index is 0.548. The molecule has 0 atom stereocenters. The minimum atomic E-state index is 0.548. The number of rotatable bonds is 5. The Kier molecular flexibility index (Phi) is 6.39. The van der Waals surface area contributed by atoms with Gasteiger partial charge in [-0.05, 0) is 59.7 Å². The van der Waals surface area contributed by atoms with Gasteiger partial charge in [0.05, 0.1) is 27.6 Å². The molecule has 50 heavy (non-hydrogen) atoms. The average molecular weight is 641 g/mol. The van der Waals surface area contributed by atoms with Gasteiger partial charge in [0.1, 0.15) is 0 Å². The highest BCUT2D eigenvalue weighted by Gasteiger charge is 2.19. The zero-order valence-corrected chi connectivity index (χ0v) is 26.8. The van der Waals surface area contributed by atoms with E-state index in [-0.39, 0.29) is 0 Å². The van der Waals surface area contributed by atoms with Crippen LogP contribution < -0.4 is 0 Å². The van der Waals surface area contributed by atoms with Crippen LogP contribution in [-0.2, 0) is 0 Å². The highest BCUT2D eigenvalue weighted by atomic mass is 15.2. The van der Waals surface area contributed by atoms with Crippen molar-refractivity contribution < 1.29 is 0 Å². The molecule has 0 spiro atoms. The standard InChI is InChI=1S/C44H28N6/c1-4-13-29(14-5-1)42-46-43(30-15-6-2-7-16-30)48-44(47-42)50-38-25-23-31(27-36(38)41-39(50)21-12-26-45-41)32-22-24-35-34-19-10-11-20-37(34)49(40(35)28-32)33-17-8-3-9-18-33/h1-28H. The quantitative estimate of drug-likeness (QED) is 0.188. The summed E-state index contributed by atoms with van der Waals surface area (Å²) in [4.78, 5) is 19.9. The van der Waals surface area contributed by atoms with E-state index in [1.54, 1.807) is 0 Å². The summed E-state index contributed by atoms with van der Waals surface area (Å²) in [5.74, 6) is 1.78. The van der Waals surface area contributed by atoms with Crippen molar-refractivity contribution >= 4 is 43.7 Å². The van der Waals surface area contributed by atoms with E-state index < -0.39 is 0 Å². The van der Waals surface area contributed by atoms with Crippen LogP contribution in [0.3, 0.4) is 0 Å². The first kappa shape index (κ1) is 28.1. The summed E-state index contributed by atoms with van der Waals surface area (Å²) in [6, 6.07) is 56.7. The lowest BCUT2D eigenvalue weighted by atomic mass is 10.0. The van der Waals surface area contributed by atoms with Gasteiger partial charge in [-0.1, -0.05) is 115 Å². The molecule has 6 heteroatoms. The van der Waals surface area contributed by atoms with E-state index in [9.17, 15) is 0 Å². The number of pyridine rings is 1. The number of hydrogen-bond donors (Lipinski definition) is 0. The summed E-state index contributed by atoms with van der Waals surface area (Å²) in [6.07, 6.45) is 1.85. The number of nitrogens with zero attached hydrogens (tertiary/aromatic N) is 6. The molecule has 4 aromatic heterocycles. The summed E-state index contributed by atoms with van der Waals surface area (Å²) < 4.78 is 4.47. The highest BCUT2D eigenvalue weighted by Crippen LogP contribution is 2.37. The molecular formula is C44H28N6. The molecule has 0 fully saturated rings. The summed E-state index contributed by atoms with van der Waals surface area (Å²) in [6.45, 7) is 0. The van der Waals surface area contributed by atoms with Gasteiger partial charge in [0, 0.05) is 39.2 Å². The number of fused-ring (bicyclic) bond motifs is 6. The monoisotopic (exact) mass is 640 g/mol. The zero-order chi connectivity index (χ0) is 33.0. The first-order valence-electron chi connectivity index (χ1n) is 16.7. The molecule has 0 saturated heterocycles. The lowest BCUT2D eigenvalue weighted by molar-refractivity contribution is 0.953. The summed E-state index contributed by atoms with van der Waals surface area (Å²) >= 11 is 0. The third-order valence-corrected chi connectivity index (χ3v) is 9.43. The Morgan fingerprint density at radius 2 is 0.940 bits per heavy atom. The molecule has 0 N–H and O–H groups in total. The number of hydrogen-bond acceptors (Lipinski definition) is 4. The van der Waals surface area contributed by atoms with Crippen molar-refractivity contribution in [2.45, 2.75) is 0 Å². The lowest BCUT2D eigenvalue weighted by Gasteiger charge is -2.11. The molecular weight excluding hydrogens is 613 g/mol. The molecule has 0 saturated carbocycles. The topological polar surface area (TPSA) is 61.4 Å². The maximum atomic E-state index is 5.06. The van der Waals surface area contributed by atoms with E-state index in [1.165, 1.54) is 21.8 Å². The van der Waals surface area contributed by atoms with E-state index >= 15 is 0 Å². The maximum absolute atomic E-state index is 5.06. The van der Waals surface area contributed by atoms with Crippen molar-refractivity contribution in [2.24, 2.45) is 0 Å². The Morgan fingerprint density at radius 1 is 0.360 bits per heavy atom. The van der Waals surface area contributed by atoms with Crippen molar-refractivity contribution in [1.82, 2.24) is 29.1 Å². The van der Waals surface area contributed by atoms with E-state index in [0.717, 1.165) is 49.9 Å². The Labute approximate surface area is 287 Å². The van der Waals surface area contributed by atoms with Gasteiger partial charge in [0.25, 0.3) is 0 Å². The van der Waals surface area contributed by atoms with Crippen LogP contribution in [0.2, 0.25) is 0 Å². The van der Waals surface area contributed by atoms with Gasteiger partial charge < -0.3 is 4.57 Å². The van der Waals surface area contributed by atoms with Crippen LogP contribution in [-0.4, -0.2) is 29.1 Å². The fourth-order valence-electron chi connectivity index (χ4n) is 7.13. The molecule has 6 aromatic carbocycles. The van der Waals surface area contributed by atoms with Crippen molar-refractivity contribution in [3.63, 3.8) is 0 Å². The van der Waals surface area contributed by atoms with Crippen LogP contribution in [0.25, 0.3) is 89.3 Å². The predicted octanol–water partition coefficient (Wildman–Crippen LogP) is 10.5. The van der Waals surface area contributed by atoms with Gasteiger partial charge in [-0.2, -0.15) is 9.97 Å². The number of para-hydroxylation sites is 2. The molecule has 0 amide bonds. The summed E-state index contributed by atoms with van der Waals surface area (Å²) in [7, 11) is 0. The molecule has 0 radical (unpaired) electrons. The molecule has 234 valence electrons. The first-order chi connectivity index (χ1) is 24.8. The zero-order valence-electron chi connectivity index (χ0n) is 26.8. The second-order valence-corrected chi connectivity index (χ2v) is 12.4. The SMILES string of the molecule is c1ccc(-c2nc(-c3ccccc3)nc(-n3c4ccc(-c5ccc6c7ccccc7n(-c7ccccc7)c6c5)cc4c4ncccc43)n2)cc1.